The molecule has 3 aliphatic rings. The van der Waals surface area contributed by atoms with Gasteiger partial charge in [-0.05, 0) is 42.4 Å². The Labute approximate surface area is 223 Å². The number of ether oxygens (including phenoxy) is 1. The number of benzene rings is 2. The summed E-state index contributed by atoms with van der Waals surface area (Å²) in [6, 6.07) is 15.8. The number of rotatable bonds is 2. The van der Waals surface area contributed by atoms with E-state index in [1.807, 2.05) is 19.2 Å². The predicted molar refractivity (Wildman–Crippen MR) is 147 cm³/mol. The van der Waals surface area contributed by atoms with E-state index in [0.29, 0.717) is 38.8 Å². The zero-order valence-electron chi connectivity index (χ0n) is 21.7. The number of anilines is 3. The Morgan fingerprint density at radius 2 is 1.87 bits per heavy atom. The molecule has 4 N–H and O–H groups in total. The SMILES string of the molecule is CN1CCNC(=O)[C@H](CO)NCc2cc(cc(N3CCOCC3)c2)Nc2nccc(n2)-c2ccc(cc2)C1. The van der Waals surface area contributed by atoms with Gasteiger partial charge in [0.25, 0.3) is 0 Å². The van der Waals surface area contributed by atoms with Crippen LogP contribution in [-0.2, 0) is 22.6 Å². The van der Waals surface area contributed by atoms with E-state index in [1.165, 1.54) is 5.56 Å². The number of hydrogen-bond acceptors (Lipinski definition) is 9. The van der Waals surface area contributed by atoms with Gasteiger partial charge >= 0.3 is 0 Å². The molecule has 1 aromatic heterocycles. The van der Waals surface area contributed by atoms with E-state index < -0.39 is 6.04 Å². The molecular weight excluding hydrogens is 482 g/mol. The summed E-state index contributed by atoms with van der Waals surface area (Å²) in [5.41, 5.74) is 5.91. The molecule has 3 aliphatic heterocycles. The second-order valence-corrected chi connectivity index (χ2v) is 9.72. The molecular formula is C28H35N7O3. The number of aliphatic hydroxyl groups is 1. The monoisotopic (exact) mass is 517 g/mol. The van der Waals surface area contributed by atoms with Gasteiger partial charge in [0.2, 0.25) is 11.9 Å². The highest BCUT2D eigenvalue weighted by atomic mass is 16.5. The van der Waals surface area contributed by atoms with E-state index in [1.54, 1.807) is 6.20 Å². The van der Waals surface area contributed by atoms with Gasteiger partial charge in [-0.2, -0.15) is 0 Å². The van der Waals surface area contributed by atoms with Gasteiger partial charge in [0.1, 0.15) is 6.04 Å². The minimum absolute atomic E-state index is 0.215. The first kappa shape index (κ1) is 26.1. The minimum Gasteiger partial charge on any atom is -0.394 e. The van der Waals surface area contributed by atoms with Crippen molar-refractivity contribution >= 4 is 23.2 Å². The van der Waals surface area contributed by atoms with Crippen molar-refractivity contribution in [2.45, 2.75) is 19.1 Å². The third-order valence-electron chi connectivity index (χ3n) is 6.81. The maximum Gasteiger partial charge on any atom is 0.239 e. The first-order valence-electron chi connectivity index (χ1n) is 13.0. The highest BCUT2D eigenvalue weighted by Gasteiger charge is 2.18. The van der Waals surface area contributed by atoms with E-state index in [2.05, 4.69) is 67.1 Å². The number of aromatic nitrogens is 2. The van der Waals surface area contributed by atoms with Crippen LogP contribution in [0.25, 0.3) is 11.3 Å². The number of nitrogens with zero attached hydrogens (tertiary/aromatic N) is 4. The van der Waals surface area contributed by atoms with Gasteiger partial charge in [-0.15, -0.1) is 0 Å². The van der Waals surface area contributed by atoms with Crippen molar-refractivity contribution < 1.29 is 14.6 Å². The van der Waals surface area contributed by atoms with Gasteiger partial charge in [0.05, 0.1) is 25.5 Å². The molecule has 6 bridgehead atoms. The number of amides is 1. The molecule has 4 heterocycles. The Balaban J connectivity index is 1.48. The number of carbonyl (C=O) groups is 1. The second kappa shape index (κ2) is 12.3. The van der Waals surface area contributed by atoms with Gasteiger partial charge in [0, 0.05) is 62.4 Å². The van der Waals surface area contributed by atoms with Crippen LogP contribution in [0.2, 0.25) is 0 Å². The fraction of sp³-hybridized carbons (Fsp3) is 0.393. The van der Waals surface area contributed by atoms with E-state index in [9.17, 15) is 9.90 Å². The number of carbonyl (C=O) groups excluding carboxylic acids is 1. The molecule has 2 aromatic carbocycles. The lowest BCUT2D eigenvalue weighted by atomic mass is 10.1. The second-order valence-electron chi connectivity index (χ2n) is 9.72. The van der Waals surface area contributed by atoms with Gasteiger partial charge < -0.3 is 30.3 Å². The molecule has 0 aliphatic carbocycles. The molecule has 10 heteroatoms. The molecule has 0 spiro atoms. The Morgan fingerprint density at radius 3 is 2.66 bits per heavy atom. The highest BCUT2D eigenvalue weighted by molar-refractivity contribution is 5.81. The van der Waals surface area contributed by atoms with Crippen LogP contribution in [0.5, 0.6) is 0 Å². The third-order valence-corrected chi connectivity index (χ3v) is 6.81. The van der Waals surface area contributed by atoms with Gasteiger partial charge in [-0.1, -0.05) is 24.3 Å². The molecule has 6 rings (SSSR count). The number of aliphatic hydroxyl groups excluding tert-OH is 1. The fourth-order valence-corrected chi connectivity index (χ4v) is 4.71. The largest absolute Gasteiger partial charge is 0.394 e. The lowest BCUT2D eigenvalue weighted by Crippen LogP contribution is -2.47. The van der Waals surface area contributed by atoms with Crippen molar-refractivity contribution in [1.29, 1.82) is 0 Å². The van der Waals surface area contributed by atoms with E-state index in [-0.39, 0.29) is 12.5 Å². The standard InChI is InChI=1S/C28H35N7O3/c1-34-9-8-29-27(37)26(19-36)31-17-21-14-23(16-24(15-21)35-10-12-38-13-11-35)32-28-30-7-6-25(33-28)22-4-2-20(18-34)3-5-22/h2-7,14-16,26,31,36H,8-13,17-19H2,1H3,(H,29,37)(H,30,32,33)/t26-/m0/s1. The van der Waals surface area contributed by atoms with Gasteiger partial charge in [-0.3, -0.25) is 10.1 Å². The van der Waals surface area contributed by atoms with Gasteiger partial charge in [-0.25, -0.2) is 9.97 Å². The highest BCUT2D eigenvalue weighted by Crippen LogP contribution is 2.26. The number of hydrogen-bond donors (Lipinski definition) is 4. The average molecular weight is 518 g/mol. The van der Waals surface area contributed by atoms with Crippen molar-refractivity contribution in [1.82, 2.24) is 25.5 Å². The molecule has 1 atom stereocenters. The Morgan fingerprint density at radius 1 is 1.05 bits per heavy atom. The normalized spacial score (nSPS) is 19.5. The summed E-state index contributed by atoms with van der Waals surface area (Å²) in [6.07, 6.45) is 1.76. The van der Waals surface area contributed by atoms with E-state index in [0.717, 1.165) is 47.8 Å². The molecule has 10 nitrogen and oxygen atoms in total. The third kappa shape index (κ3) is 6.65. The molecule has 0 unspecified atom stereocenters. The van der Waals surface area contributed by atoms with Gasteiger partial charge in [0.15, 0.2) is 0 Å². The maximum atomic E-state index is 12.8. The first-order valence-corrected chi connectivity index (χ1v) is 13.0. The molecule has 0 radical (unpaired) electrons. The average Bonchev–Trinajstić information content (AvgIpc) is 2.94. The van der Waals surface area contributed by atoms with Crippen LogP contribution in [-0.4, -0.2) is 85.0 Å². The lowest BCUT2D eigenvalue weighted by Gasteiger charge is -2.30. The zero-order chi connectivity index (χ0) is 26.3. The van der Waals surface area contributed by atoms with Crippen LogP contribution in [0, 0.1) is 0 Å². The minimum atomic E-state index is -0.707. The topological polar surface area (TPSA) is 115 Å². The Hall–Kier alpha value is -3.57. The number of likely N-dealkylation sites (N-methyl/N-ethyl adjacent to an activating group) is 1. The van der Waals surface area contributed by atoms with Crippen molar-refractivity contribution in [3.63, 3.8) is 0 Å². The predicted octanol–water partition coefficient (Wildman–Crippen LogP) is 1.74. The van der Waals surface area contributed by atoms with Crippen LogP contribution in [0.1, 0.15) is 11.1 Å². The van der Waals surface area contributed by atoms with Crippen LogP contribution in [0.15, 0.2) is 54.7 Å². The molecule has 1 fully saturated rings. The molecule has 0 saturated carbocycles. The molecule has 3 aromatic rings. The maximum absolute atomic E-state index is 12.8. The lowest BCUT2D eigenvalue weighted by molar-refractivity contribution is -0.124. The molecule has 38 heavy (non-hydrogen) atoms. The fourth-order valence-electron chi connectivity index (χ4n) is 4.71. The summed E-state index contributed by atoms with van der Waals surface area (Å²) in [7, 11) is 2.02. The molecule has 1 amide bonds. The Bertz CT molecular complexity index is 1230. The summed E-state index contributed by atoms with van der Waals surface area (Å²) < 4.78 is 5.54. The van der Waals surface area contributed by atoms with Crippen LogP contribution >= 0.6 is 0 Å². The van der Waals surface area contributed by atoms with Crippen LogP contribution in [0.4, 0.5) is 17.3 Å². The smallest absolute Gasteiger partial charge is 0.239 e. The number of nitrogens with one attached hydrogen (secondary N) is 3. The summed E-state index contributed by atoms with van der Waals surface area (Å²) in [4.78, 5) is 26.4. The van der Waals surface area contributed by atoms with E-state index >= 15 is 0 Å². The number of fused-ring (bicyclic) bond motifs is 10. The van der Waals surface area contributed by atoms with Crippen molar-refractivity contribution in [2.24, 2.45) is 0 Å². The quantitative estimate of drug-likeness (QED) is 0.377. The summed E-state index contributed by atoms with van der Waals surface area (Å²) in [5, 5.41) is 19.4. The molecule has 200 valence electrons. The van der Waals surface area contributed by atoms with Crippen molar-refractivity contribution in [2.75, 3.05) is 63.3 Å². The summed E-state index contributed by atoms with van der Waals surface area (Å²) >= 11 is 0. The Kier molecular flexibility index (Phi) is 8.44. The first-order chi connectivity index (χ1) is 18.6. The summed E-state index contributed by atoms with van der Waals surface area (Å²) in [5.74, 6) is 0.291. The number of morpholine rings is 1. The van der Waals surface area contributed by atoms with Crippen molar-refractivity contribution in [3.8, 4) is 11.3 Å². The molecule has 1 saturated heterocycles. The van der Waals surface area contributed by atoms with Crippen molar-refractivity contribution in [3.05, 3.63) is 65.9 Å². The van der Waals surface area contributed by atoms with E-state index in [4.69, 9.17) is 9.72 Å². The zero-order valence-corrected chi connectivity index (χ0v) is 21.7. The summed E-state index contributed by atoms with van der Waals surface area (Å²) in [6.45, 7) is 5.03. The van der Waals surface area contributed by atoms with Crippen LogP contribution in [0.3, 0.4) is 0 Å². The van der Waals surface area contributed by atoms with Crippen LogP contribution < -0.4 is 20.9 Å².